The zero-order valence-electron chi connectivity index (χ0n) is 29.1. The van der Waals surface area contributed by atoms with Gasteiger partial charge in [0.2, 0.25) is 5.88 Å². The minimum absolute atomic E-state index is 0.0520. The van der Waals surface area contributed by atoms with Crippen LogP contribution in [-0.2, 0) is 29.2 Å². The topological polar surface area (TPSA) is 115 Å². The second-order valence-corrected chi connectivity index (χ2v) is 14.8. The molecule has 1 aliphatic carbocycles. The molecule has 2 atom stereocenters. The molecule has 2 unspecified atom stereocenters. The molecular weight excluding hydrogens is 635 g/mol. The van der Waals surface area contributed by atoms with E-state index in [1.54, 1.807) is 18.2 Å². The number of likely N-dealkylation sites (tertiary alicyclic amines) is 1. The van der Waals surface area contributed by atoms with E-state index in [4.69, 9.17) is 29.4 Å². The second-order valence-electron chi connectivity index (χ2n) is 14.8. The minimum Gasteiger partial charge on any atom is -0.473 e. The van der Waals surface area contributed by atoms with Gasteiger partial charge in [0.05, 0.1) is 54.0 Å². The Labute approximate surface area is 292 Å². The molecule has 10 nitrogen and oxygen atoms in total. The molecule has 2 aromatic carbocycles. The summed E-state index contributed by atoms with van der Waals surface area (Å²) in [7, 11) is 0. The first kappa shape index (κ1) is 34.1. The number of nitrogens with one attached hydrogen (secondary N) is 1. The summed E-state index contributed by atoms with van der Waals surface area (Å²) in [6.45, 7) is 11.2. The van der Waals surface area contributed by atoms with Gasteiger partial charge in [0.15, 0.2) is 0 Å². The number of aromatic nitrogens is 3. The van der Waals surface area contributed by atoms with E-state index in [1.165, 1.54) is 6.07 Å². The van der Waals surface area contributed by atoms with Gasteiger partial charge in [-0.3, -0.25) is 9.69 Å². The molecular formula is C39H45FN6O4. The number of halogens is 1. The second kappa shape index (κ2) is 14.1. The molecule has 50 heavy (non-hydrogen) atoms. The van der Waals surface area contributed by atoms with Gasteiger partial charge in [-0.25, -0.2) is 14.4 Å². The molecule has 1 spiro atoms. The lowest BCUT2D eigenvalue weighted by Crippen LogP contribution is -2.54. The van der Waals surface area contributed by atoms with E-state index in [0.29, 0.717) is 36.1 Å². The quantitative estimate of drug-likeness (QED) is 0.180. The summed E-state index contributed by atoms with van der Waals surface area (Å²) in [5.41, 5.74) is 3.90. The number of carbonyl (C=O) groups excluding carboxylic acids is 1. The number of fused-ring (bicyclic) bond motifs is 1. The van der Waals surface area contributed by atoms with Crippen molar-refractivity contribution in [3.63, 3.8) is 0 Å². The number of ether oxygens (including phenoxy) is 3. The van der Waals surface area contributed by atoms with E-state index in [0.717, 1.165) is 81.0 Å². The normalized spacial score (nSPS) is 20.0. The highest BCUT2D eigenvalue weighted by Gasteiger charge is 2.48. The lowest BCUT2D eigenvalue weighted by Gasteiger charge is -2.48. The van der Waals surface area contributed by atoms with Crippen LogP contribution in [0, 0.1) is 22.6 Å². The monoisotopic (exact) mass is 680 g/mol. The van der Waals surface area contributed by atoms with Gasteiger partial charge in [-0.2, -0.15) is 5.26 Å². The Morgan fingerprint density at radius 2 is 2.00 bits per heavy atom. The van der Waals surface area contributed by atoms with Crippen molar-refractivity contribution >= 4 is 16.9 Å². The number of rotatable bonds is 13. The van der Waals surface area contributed by atoms with Crippen molar-refractivity contribution in [1.82, 2.24) is 24.8 Å². The van der Waals surface area contributed by atoms with Crippen LogP contribution in [0.1, 0.15) is 85.4 Å². The highest BCUT2D eigenvalue weighted by molar-refractivity contribution is 5.97. The molecule has 1 amide bonds. The summed E-state index contributed by atoms with van der Waals surface area (Å²) in [5, 5.41) is 12.1. The van der Waals surface area contributed by atoms with Crippen LogP contribution in [0.25, 0.3) is 11.0 Å². The average molecular weight is 681 g/mol. The number of pyridine rings is 1. The smallest absolute Gasteiger partial charge is 0.251 e. The van der Waals surface area contributed by atoms with E-state index in [9.17, 15) is 9.18 Å². The van der Waals surface area contributed by atoms with E-state index >= 15 is 0 Å². The molecule has 2 aliphatic heterocycles. The van der Waals surface area contributed by atoms with Crippen LogP contribution < -0.4 is 10.1 Å². The molecule has 0 radical (unpaired) electrons. The molecule has 1 N–H and O–H groups in total. The Morgan fingerprint density at radius 3 is 2.74 bits per heavy atom. The van der Waals surface area contributed by atoms with Gasteiger partial charge in [0.1, 0.15) is 18.2 Å². The molecule has 7 rings (SSSR count). The van der Waals surface area contributed by atoms with Crippen LogP contribution >= 0.6 is 0 Å². The summed E-state index contributed by atoms with van der Waals surface area (Å²) >= 11 is 0. The molecule has 11 heteroatoms. The third-order valence-corrected chi connectivity index (χ3v) is 10.3. The maximum absolute atomic E-state index is 14.4. The number of hydrogen-bond donors (Lipinski definition) is 1. The first-order valence-corrected chi connectivity index (χ1v) is 17.6. The van der Waals surface area contributed by atoms with E-state index in [-0.39, 0.29) is 29.6 Å². The van der Waals surface area contributed by atoms with Crippen LogP contribution in [0.3, 0.4) is 0 Å². The van der Waals surface area contributed by atoms with E-state index in [2.05, 4.69) is 20.9 Å². The fourth-order valence-corrected chi connectivity index (χ4v) is 7.63. The minimum atomic E-state index is -0.486. The largest absolute Gasteiger partial charge is 0.473 e. The van der Waals surface area contributed by atoms with Crippen molar-refractivity contribution in [2.45, 2.75) is 83.7 Å². The number of benzene rings is 2. The zero-order chi connectivity index (χ0) is 34.9. The third-order valence-electron chi connectivity index (χ3n) is 10.3. The fourth-order valence-electron chi connectivity index (χ4n) is 7.63. The highest BCUT2D eigenvalue weighted by atomic mass is 19.1. The number of imidazole rings is 1. The lowest BCUT2D eigenvalue weighted by atomic mass is 9.77. The van der Waals surface area contributed by atoms with Crippen LogP contribution in [0.15, 0.2) is 54.6 Å². The first-order chi connectivity index (χ1) is 24.1. The average Bonchev–Trinajstić information content (AvgIpc) is 3.66. The summed E-state index contributed by atoms with van der Waals surface area (Å²) in [4.78, 5) is 25.6. The molecule has 2 aromatic heterocycles. The number of nitriles is 1. The molecule has 262 valence electrons. The van der Waals surface area contributed by atoms with Gasteiger partial charge in [0, 0.05) is 55.1 Å². The summed E-state index contributed by atoms with van der Waals surface area (Å²) in [6, 6.07) is 17.9. The van der Waals surface area contributed by atoms with Gasteiger partial charge in [-0.15, -0.1) is 0 Å². The summed E-state index contributed by atoms with van der Waals surface area (Å²) in [5.74, 6) is 1.24. The van der Waals surface area contributed by atoms with Crippen molar-refractivity contribution in [2.75, 3.05) is 32.9 Å². The Kier molecular flexibility index (Phi) is 9.61. The molecule has 0 bridgehead atoms. The molecule has 4 aromatic rings. The number of hydrogen-bond acceptors (Lipinski definition) is 8. The Morgan fingerprint density at radius 1 is 1.16 bits per heavy atom. The van der Waals surface area contributed by atoms with E-state index < -0.39 is 11.4 Å². The van der Waals surface area contributed by atoms with Gasteiger partial charge < -0.3 is 24.1 Å². The van der Waals surface area contributed by atoms with Crippen molar-refractivity contribution in [3.05, 3.63) is 88.6 Å². The van der Waals surface area contributed by atoms with Gasteiger partial charge in [-0.1, -0.05) is 12.1 Å². The maximum atomic E-state index is 14.4. The Balaban J connectivity index is 0.992. The Hall–Kier alpha value is -4.37. The molecule has 4 heterocycles. The lowest BCUT2D eigenvalue weighted by molar-refractivity contribution is -0.0599. The SMILES string of the molecule is CCOCC(C)(C)NC(=O)c1ccc2nc(CN3CC4(CCC(c5cccc(OCc6ccc(C#N)cc6F)n5)C4)C3)n(CC3CCO3)c2c1. The molecule has 2 saturated heterocycles. The predicted molar refractivity (Wildman–Crippen MR) is 186 cm³/mol. The van der Waals surface area contributed by atoms with Crippen molar-refractivity contribution in [3.8, 4) is 11.9 Å². The predicted octanol–water partition coefficient (Wildman–Crippen LogP) is 6.12. The van der Waals surface area contributed by atoms with Crippen LogP contribution in [-0.4, -0.2) is 69.9 Å². The van der Waals surface area contributed by atoms with Gasteiger partial charge >= 0.3 is 0 Å². The number of amides is 1. The fraction of sp³-hybridized carbons (Fsp3) is 0.487. The maximum Gasteiger partial charge on any atom is 0.251 e. The highest BCUT2D eigenvalue weighted by Crippen LogP contribution is 2.51. The van der Waals surface area contributed by atoms with Crippen molar-refractivity contribution in [1.29, 1.82) is 5.26 Å². The van der Waals surface area contributed by atoms with Crippen LogP contribution in [0.4, 0.5) is 4.39 Å². The molecule has 1 saturated carbocycles. The van der Waals surface area contributed by atoms with Crippen LogP contribution in [0.2, 0.25) is 0 Å². The zero-order valence-corrected chi connectivity index (χ0v) is 29.1. The van der Waals surface area contributed by atoms with Crippen LogP contribution in [0.5, 0.6) is 5.88 Å². The standard InChI is InChI=1S/C39H45FN6O4/c1-4-48-25-38(2,3)44-37(47)27-10-11-33-34(17-27)46(20-30-13-15-49-30)35(42-33)21-45-23-39(24-45)14-12-28(18-39)32-6-5-7-36(43-32)50-22-29-9-8-26(19-41)16-31(29)40/h5-11,16-17,28,30H,4,12-15,18,20-25H2,1-3H3,(H,44,47). The van der Waals surface area contributed by atoms with E-state index in [1.807, 2.05) is 51.1 Å². The van der Waals surface area contributed by atoms with Crippen molar-refractivity contribution < 1.29 is 23.4 Å². The molecule has 3 fully saturated rings. The number of nitrogens with zero attached hydrogens (tertiary/aromatic N) is 5. The van der Waals surface area contributed by atoms with Crippen molar-refractivity contribution in [2.24, 2.45) is 5.41 Å². The van der Waals surface area contributed by atoms with Gasteiger partial charge in [0.25, 0.3) is 5.91 Å². The first-order valence-electron chi connectivity index (χ1n) is 17.6. The third kappa shape index (κ3) is 7.38. The summed E-state index contributed by atoms with van der Waals surface area (Å²) in [6.07, 6.45) is 4.45. The summed E-state index contributed by atoms with van der Waals surface area (Å²) < 4.78 is 33.9. The Bertz CT molecular complexity index is 1910. The molecule has 3 aliphatic rings. The number of carbonyl (C=O) groups is 1. The van der Waals surface area contributed by atoms with Gasteiger partial charge in [-0.05, 0) is 88.3 Å².